The van der Waals surface area contributed by atoms with E-state index in [9.17, 15) is 14.4 Å². The molecular weight excluding hydrogens is 449 g/mol. The van der Waals surface area contributed by atoms with Crippen molar-refractivity contribution in [1.82, 2.24) is 4.90 Å². The van der Waals surface area contributed by atoms with Gasteiger partial charge in [-0.15, -0.1) is 0 Å². The molecule has 0 aromatic heterocycles. The topological polar surface area (TPSA) is 88.1 Å². The molecule has 1 N–H and O–H groups in total. The van der Waals surface area contributed by atoms with Gasteiger partial charge in [-0.1, -0.05) is 35.0 Å². The molecule has 30 heavy (non-hydrogen) atoms. The molecule has 1 fully saturated rings. The molecule has 2 amide bonds. The van der Waals surface area contributed by atoms with Gasteiger partial charge in [0.05, 0.1) is 23.4 Å². The highest BCUT2D eigenvalue weighted by atomic mass is 35.5. The molecule has 7 nitrogen and oxygen atoms in total. The maximum Gasteiger partial charge on any atom is 0.337 e. The quantitative estimate of drug-likeness (QED) is 0.677. The number of aliphatic imine (C=N–C) groups is 1. The zero-order chi connectivity index (χ0) is 21.8. The summed E-state index contributed by atoms with van der Waals surface area (Å²) in [5, 5.41) is 3.26. The number of amidine groups is 1. The molecule has 1 heterocycles. The first-order chi connectivity index (χ1) is 14.3. The van der Waals surface area contributed by atoms with Crippen LogP contribution in [-0.2, 0) is 14.3 Å². The Hall–Kier alpha value is -2.55. The van der Waals surface area contributed by atoms with E-state index in [4.69, 9.17) is 23.2 Å². The summed E-state index contributed by atoms with van der Waals surface area (Å²) in [6.07, 6.45) is 0.0234. The smallest absolute Gasteiger partial charge is 0.337 e. The highest BCUT2D eigenvalue weighted by Crippen LogP contribution is 2.33. The number of hydrogen-bond acceptors (Lipinski definition) is 6. The second kappa shape index (κ2) is 9.51. The number of thioether (sulfide) groups is 1. The molecule has 1 saturated heterocycles. The monoisotopic (exact) mass is 465 g/mol. The average molecular weight is 466 g/mol. The lowest BCUT2D eigenvalue weighted by atomic mass is 10.2. The van der Waals surface area contributed by atoms with Crippen molar-refractivity contribution in [3.8, 4) is 0 Å². The van der Waals surface area contributed by atoms with E-state index in [1.165, 1.54) is 12.0 Å². The van der Waals surface area contributed by atoms with Gasteiger partial charge in [-0.3, -0.25) is 14.5 Å². The van der Waals surface area contributed by atoms with Crippen LogP contribution in [0.4, 0.5) is 11.4 Å². The molecule has 2 aromatic carbocycles. The van der Waals surface area contributed by atoms with Crippen LogP contribution in [0.1, 0.15) is 16.8 Å². The van der Waals surface area contributed by atoms with Gasteiger partial charge in [0.15, 0.2) is 5.17 Å². The first kappa shape index (κ1) is 22.1. The second-order valence-electron chi connectivity index (χ2n) is 6.31. The Morgan fingerprint density at radius 2 is 1.90 bits per heavy atom. The van der Waals surface area contributed by atoms with E-state index in [1.807, 2.05) is 0 Å². The van der Waals surface area contributed by atoms with Gasteiger partial charge in [0, 0.05) is 24.2 Å². The number of esters is 1. The van der Waals surface area contributed by atoms with E-state index in [1.54, 1.807) is 49.5 Å². The van der Waals surface area contributed by atoms with Crippen LogP contribution in [0, 0.1) is 0 Å². The summed E-state index contributed by atoms with van der Waals surface area (Å²) in [7, 11) is 2.88. The van der Waals surface area contributed by atoms with E-state index >= 15 is 0 Å². The van der Waals surface area contributed by atoms with E-state index in [0.29, 0.717) is 32.2 Å². The first-order valence-corrected chi connectivity index (χ1v) is 10.4. The lowest BCUT2D eigenvalue weighted by Gasteiger charge is -2.29. The zero-order valence-corrected chi connectivity index (χ0v) is 18.3. The van der Waals surface area contributed by atoms with Gasteiger partial charge in [0.25, 0.3) is 0 Å². The van der Waals surface area contributed by atoms with Crippen molar-refractivity contribution in [2.75, 3.05) is 19.5 Å². The SMILES string of the molecule is COC(=O)c1ccc(NC(=O)[C@H]2CC(=O)N(C)C(=Nc3cc(Cl)ccc3Cl)S2)cc1. The molecule has 1 aliphatic heterocycles. The number of ether oxygens (including phenoxy) is 1. The van der Waals surface area contributed by atoms with Gasteiger partial charge in [0.1, 0.15) is 5.25 Å². The lowest BCUT2D eigenvalue weighted by Crippen LogP contribution is -2.43. The van der Waals surface area contributed by atoms with Crippen LogP contribution >= 0.6 is 35.0 Å². The highest BCUT2D eigenvalue weighted by molar-refractivity contribution is 8.15. The van der Waals surface area contributed by atoms with E-state index in [2.05, 4.69) is 15.0 Å². The number of carbonyl (C=O) groups excluding carboxylic acids is 3. The van der Waals surface area contributed by atoms with Crippen molar-refractivity contribution < 1.29 is 19.1 Å². The number of methoxy groups -OCH3 is 1. The Kier molecular flexibility index (Phi) is 7.02. The summed E-state index contributed by atoms with van der Waals surface area (Å²) < 4.78 is 4.65. The summed E-state index contributed by atoms with van der Waals surface area (Å²) in [6, 6.07) is 11.1. The molecule has 0 spiro atoms. The molecule has 1 aliphatic rings. The summed E-state index contributed by atoms with van der Waals surface area (Å²) >= 11 is 13.3. The fourth-order valence-electron chi connectivity index (χ4n) is 2.60. The Balaban J connectivity index is 1.76. The minimum absolute atomic E-state index is 0.0234. The maximum atomic E-state index is 12.7. The van der Waals surface area contributed by atoms with Crippen molar-refractivity contribution in [2.24, 2.45) is 4.99 Å². The molecule has 0 bridgehead atoms. The normalized spacial score (nSPS) is 17.7. The highest BCUT2D eigenvalue weighted by Gasteiger charge is 2.34. The maximum absolute atomic E-state index is 12.7. The molecule has 0 radical (unpaired) electrons. The summed E-state index contributed by atoms with van der Waals surface area (Å²) in [4.78, 5) is 42.4. The molecule has 1 atom stereocenters. The van der Waals surface area contributed by atoms with Crippen molar-refractivity contribution in [2.45, 2.75) is 11.7 Å². The van der Waals surface area contributed by atoms with E-state index in [0.717, 1.165) is 11.8 Å². The number of hydrogen-bond donors (Lipinski definition) is 1. The van der Waals surface area contributed by atoms with Crippen LogP contribution < -0.4 is 5.32 Å². The third-order valence-corrected chi connectivity index (χ3v) is 6.05. The molecular formula is C20H17Cl2N3O4S. The fraction of sp³-hybridized carbons (Fsp3) is 0.200. The van der Waals surface area contributed by atoms with Crippen molar-refractivity contribution in [3.63, 3.8) is 0 Å². The van der Waals surface area contributed by atoms with Gasteiger partial charge in [-0.05, 0) is 42.5 Å². The zero-order valence-electron chi connectivity index (χ0n) is 16.0. The molecule has 0 unspecified atom stereocenters. The van der Waals surface area contributed by atoms with Crippen LogP contribution in [0.25, 0.3) is 0 Å². The second-order valence-corrected chi connectivity index (χ2v) is 8.33. The minimum Gasteiger partial charge on any atom is -0.465 e. The van der Waals surface area contributed by atoms with Crippen LogP contribution in [0.2, 0.25) is 10.0 Å². The number of amides is 2. The average Bonchev–Trinajstić information content (AvgIpc) is 2.73. The standard InChI is InChI=1S/C20H17Cl2N3O4S/c1-25-17(26)10-16(30-20(25)24-15-9-12(21)5-8-14(15)22)18(27)23-13-6-3-11(4-7-13)19(28)29-2/h3-9,16H,10H2,1-2H3,(H,23,27)/t16-/m1/s1. The number of carbonyl (C=O) groups is 3. The molecule has 10 heteroatoms. The number of anilines is 1. The summed E-state index contributed by atoms with van der Waals surface area (Å²) in [6.45, 7) is 0. The van der Waals surface area contributed by atoms with Crippen LogP contribution in [0.3, 0.4) is 0 Å². The van der Waals surface area contributed by atoms with Gasteiger partial charge in [-0.2, -0.15) is 0 Å². The largest absolute Gasteiger partial charge is 0.465 e. The van der Waals surface area contributed by atoms with Crippen LogP contribution in [0.5, 0.6) is 0 Å². The molecule has 0 saturated carbocycles. The predicted octanol–water partition coefficient (Wildman–Crippen LogP) is 4.37. The Bertz CT molecular complexity index is 1030. The molecule has 0 aliphatic carbocycles. The molecule has 156 valence electrons. The number of nitrogens with one attached hydrogen (secondary N) is 1. The number of halogens is 2. The van der Waals surface area contributed by atoms with Gasteiger partial charge in [-0.25, -0.2) is 9.79 Å². The van der Waals surface area contributed by atoms with E-state index in [-0.39, 0.29) is 18.2 Å². The minimum atomic E-state index is -0.675. The van der Waals surface area contributed by atoms with Gasteiger partial charge < -0.3 is 10.1 Å². The first-order valence-electron chi connectivity index (χ1n) is 8.74. The number of nitrogens with zero attached hydrogens (tertiary/aromatic N) is 2. The number of benzene rings is 2. The van der Waals surface area contributed by atoms with Gasteiger partial charge in [0.2, 0.25) is 11.8 Å². The van der Waals surface area contributed by atoms with Crippen molar-refractivity contribution >= 4 is 69.3 Å². The Morgan fingerprint density at radius 1 is 1.20 bits per heavy atom. The lowest BCUT2D eigenvalue weighted by molar-refractivity contribution is -0.128. The third-order valence-electron chi connectivity index (χ3n) is 4.26. The third kappa shape index (κ3) is 5.13. The number of rotatable bonds is 4. The Labute approximate surface area is 187 Å². The van der Waals surface area contributed by atoms with Crippen LogP contribution in [0.15, 0.2) is 47.5 Å². The Morgan fingerprint density at radius 3 is 2.57 bits per heavy atom. The predicted molar refractivity (Wildman–Crippen MR) is 119 cm³/mol. The summed E-state index contributed by atoms with van der Waals surface area (Å²) in [5.41, 5.74) is 1.27. The van der Waals surface area contributed by atoms with Crippen molar-refractivity contribution in [3.05, 3.63) is 58.1 Å². The van der Waals surface area contributed by atoms with E-state index < -0.39 is 11.2 Å². The van der Waals surface area contributed by atoms with Crippen LogP contribution in [-0.4, -0.2) is 47.3 Å². The summed E-state index contributed by atoms with van der Waals surface area (Å²) in [5.74, 6) is -1.06. The van der Waals surface area contributed by atoms with Gasteiger partial charge >= 0.3 is 5.97 Å². The van der Waals surface area contributed by atoms with Crippen molar-refractivity contribution in [1.29, 1.82) is 0 Å². The molecule has 2 aromatic rings. The fourth-order valence-corrected chi connectivity index (χ4v) is 3.99. The molecule has 3 rings (SSSR count).